The summed E-state index contributed by atoms with van der Waals surface area (Å²) < 4.78 is 41.2. The number of alkyl halides is 3. The maximum absolute atomic E-state index is 13.4. The SMILES string of the molecule is O=C(O)CCCNc1c(-c2cn[nH]c2C(=O)O)nc2c(C(F)(F)F)cccn12. The smallest absolute Gasteiger partial charge is 0.419 e. The normalized spacial score (nSPS) is 11.7. The van der Waals surface area contributed by atoms with Crippen molar-refractivity contribution in [3.8, 4) is 11.3 Å². The molecule has 0 bridgehead atoms. The number of imidazole rings is 1. The van der Waals surface area contributed by atoms with Crippen LogP contribution >= 0.6 is 0 Å². The number of carboxylic acid groups (broad SMARTS) is 2. The van der Waals surface area contributed by atoms with Gasteiger partial charge in [0.1, 0.15) is 11.5 Å². The van der Waals surface area contributed by atoms with E-state index in [2.05, 4.69) is 20.5 Å². The lowest BCUT2D eigenvalue weighted by Gasteiger charge is -2.10. The van der Waals surface area contributed by atoms with Crippen molar-refractivity contribution in [1.29, 1.82) is 0 Å². The van der Waals surface area contributed by atoms with E-state index in [9.17, 15) is 27.9 Å². The fourth-order valence-electron chi connectivity index (χ4n) is 2.72. The zero-order chi connectivity index (χ0) is 20.5. The molecule has 3 aromatic rings. The number of aromatic amines is 1. The molecule has 4 N–H and O–H groups in total. The lowest BCUT2D eigenvalue weighted by molar-refractivity contribution is -0.137. The molecular weight excluding hydrogens is 383 g/mol. The molecule has 0 fully saturated rings. The molecule has 0 aromatic carbocycles. The number of carbonyl (C=O) groups is 2. The molecule has 0 aliphatic carbocycles. The van der Waals surface area contributed by atoms with Crippen LogP contribution in [0.3, 0.4) is 0 Å². The Morgan fingerprint density at radius 1 is 1.29 bits per heavy atom. The number of rotatable bonds is 7. The number of pyridine rings is 1. The number of hydrogen-bond donors (Lipinski definition) is 4. The van der Waals surface area contributed by atoms with Crippen molar-refractivity contribution in [2.24, 2.45) is 0 Å². The second kappa shape index (κ2) is 7.21. The van der Waals surface area contributed by atoms with Gasteiger partial charge < -0.3 is 15.5 Å². The van der Waals surface area contributed by atoms with Crippen LogP contribution in [-0.2, 0) is 11.0 Å². The van der Waals surface area contributed by atoms with Gasteiger partial charge in [0.15, 0.2) is 11.3 Å². The monoisotopic (exact) mass is 397 g/mol. The number of halogens is 3. The quantitative estimate of drug-likeness (QED) is 0.451. The van der Waals surface area contributed by atoms with Crippen LogP contribution in [-0.4, -0.2) is 48.3 Å². The molecule has 0 spiro atoms. The Bertz CT molecular complexity index is 1040. The number of H-pyrrole nitrogens is 1. The summed E-state index contributed by atoms with van der Waals surface area (Å²) in [5.41, 5.74) is -1.77. The molecule has 0 saturated heterocycles. The highest BCUT2D eigenvalue weighted by Crippen LogP contribution is 2.37. The van der Waals surface area contributed by atoms with E-state index in [-0.39, 0.29) is 42.2 Å². The molecule has 0 amide bonds. The highest BCUT2D eigenvalue weighted by Gasteiger charge is 2.35. The van der Waals surface area contributed by atoms with E-state index < -0.39 is 29.3 Å². The Hall–Kier alpha value is -3.57. The zero-order valence-corrected chi connectivity index (χ0v) is 14.1. The van der Waals surface area contributed by atoms with Gasteiger partial charge in [-0.1, -0.05) is 0 Å². The number of carboxylic acids is 2. The van der Waals surface area contributed by atoms with Gasteiger partial charge in [0, 0.05) is 19.2 Å². The van der Waals surface area contributed by atoms with Crippen LogP contribution in [0, 0.1) is 0 Å². The maximum Gasteiger partial charge on any atom is 0.419 e. The van der Waals surface area contributed by atoms with Gasteiger partial charge in [0.25, 0.3) is 0 Å². The Balaban J connectivity index is 2.15. The minimum Gasteiger partial charge on any atom is -0.481 e. The molecule has 3 aromatic heterocycles. The number of aromatic nitrogens is 4. The zero-order valence-electron chi connectivity index (χ0n) is 14.1. The van der Waals surface area contributed by atoms with Gasteiger partial charge in [0.05, 0.1) is 17.3 Å². The standard InChI is InChI=1S/C16H14F3N5O4/c17-16(18,19)9-3-2-6-24-13(9)22-11(8-7-21-23-12(8)15(27)28)14(24)20-5-1-4-10(25)26/h2-3,6-7,20H,1,4-5H2,(H,21,23)(H,25,26)(H,27,28). The van der Waals surface area contributed by atoms with Crippen molar-refractivity contribution in [2.45, 2.75) is 19.0 Å². The Morgan fingerprint density at radius 3 is 2.68 bits per heavy atom. The third-order valence-electron chi connectivity index (χ3n) is 3.92. The highest BCUT2D eigenvalue weighted by molar-refractivity contribution is 5.95. The minimum atomic E-state index is -4.67. The van der Waals surface area contributed by atoms with Crippen LogP contribution in [0.15, 0.2) is 24.5 Å². The number of aliphatic carboxylic acids is 1. The van der Waals surface area contributed by atoms with Crippen LogP contribution in [0.5, 0.6) is 0 Å². The molecule has 0 atom stereocenters. The van der Waals surface area contributed by atoms with Gasteiger partial charge >= 0.3 is 18.1 Å². The largest absolute Gasteiger partial charge is 0.481 e. The summed E-state index contributed by atoms with van der Waals surface area (Å²) in [6.07, 6.45) is -2.10. The van der Waals surface area contributed by atoms with E-state index in [1.807, 2.05) is 0 Å². The molecule has 0 unspecified atom stereocenters. The van der Waals surface area contributed by atoms with E-state index in [4.69, 9.17) is 5.11 Å². The third-order valence-corrected chi connectivity index (χ3v) is 3.92. The number of hydrogen-bond acceptors (Lipinski definition) is 5. The van der Waals surface area contributed by atoms with Crippen LogP contribution in [0.1, 0.15) is 28.9 Å². The number of nitrogens with one attached hydrogen (secondary N) is 2. The average Bonchev–Trinajstić information content (AvgIpc) is 3.22. The fourth-order valence-corrected chi connectivity index (χ4v) is 2.72. The molecule has 148 valence electrons. The first-order chi connectivity index (χ1) is 13.2. The Kier molecular flexibility index (Phi) is 4.94. The summed E-state index contributed by atoms with van der Waals surface area (Å²) in [6.45, 7) is 0.129. The number of anilines is 1. The van der Waals surface area contributed by atoms with Gasteiger partial charge in [0.2, 0.25) is 0 Å². The van der Waals surface area contributed by atoms with Gasteiger partial charge in [-0.25, -0.2) is 9.78 Å². The predicted molar refractivity (Wildman–Crippen MR) is 90.1 cm³/mol. The molecule has 0 aliphatic rings. The van der Waals surface area contributed by atoms with Gasteiger partial charge in [-0.15, -0.1) is 0 Å². The molecule has 28 heavy (non-hydrogen) atoms. The Morgan fingerprint density at radius 2 is 2.04 bits per heavy atom. The number of aromatic carboxylic acids is 1. The van der Waals surface area contributed by atoms with Gasteiger partial charge in [-0.05, 0) is 18.6 Å². The van der Waals surface area contributed by atoms with Crippen LogP contribution in [0.25, 0.3) is 16.9 Å². The van der Waals surface area contributed by atoms with Crippen molar-refractivity contribution in [2.75, 3.05) is 11.9 Å². The van der Waals surface area contributed by atoms with Crippen molar-refractivity contribution < 1.29 is 33.0 Å². The van der Waals surface area contributed by atoms with E-state index in [1.54, 1.807) is 0 Å². The molecule has 0 radical (unpaired) electrons. The molecule has 9 nitrogen and oxygen atoms in total. The molecule has 0 saturated carbocycles. The topological polar surface area (TPSA) is 133 Å². The van der Waals surface area contributed by atoms with Crippen LogP contribution in [0.2, 0.25) is 0 Å². The first kappa shape index (κ1) is 19.2. The molecule has 0 aliphatic heterocycles. The summed E-state index contributed by atoms with van der Waals surface area (Å²) in [6, 6.07) is 2.06. The van der Waals surface area contributed by atoms with Crippen LogP contribution < -0.4 is 5.32 Å². The maximum atomic E-state index is 13.4. The van der Waals surface area contributed by atoms with Crippen molar-refractivity contribution in [3.63, 3.8) is 0 Å². The number of nitrogens with zero attached hydrogens (tertiary/aromatic N) is 3. The van der Waals surface area contributed by atoms with Crippen molar-refractivity contribution in [1.82, 2.24) is 19.6 Å². The lowest BCUT2D eigenvalue weighted by Crippen LogP contribution is -2.10. The molecule has 3 heterocycles. The summed E-state index contributed by atoms with van der Waals surface area (Å²) in [5.74, 6) is -2.25. The van der Waals surface area contributed by atoms with Crippen LogP contribution in [0.4, 0.5) is 19.0 Å². The molecular formula is C16H14F3N5O4. The predicted octanol–water partition coefficient (Wildman–Crippen LogP) is 2.72. The Labute approximate surface area is 154 Å². The van der Waals surface area contributed by atoms with E-state index in [0.717, 1.165) is 16.7 Å². The second-order valence-corrected chi connectivity index (χ2v) is 5.81. The summed E-state index contributed by atoms with van der Waals surface area (Å²) >= 11 is 0. The molecule has 3 rings (SSSR count). The van der Waals surface area contributed by atoms with E-state index in [0.29, 0.717) is 0 Å². The highest BCUT2D eigenvalue weighted by atomic mass is 19.4. The number of fused-ring (bicyclic) bond motifs is 1. The molecule has 12 heteroatoms. The van der Waals surface area contributed by atoms with Crippen molar-refractivity contribution >= 4 is 23.4 Å². The first-order valence-electron chi connectivity index (χ1n) is 8.01. The van der Waals surface area contributed by atoms with E-state index >= 15 is 0 Å². The van der Waals surface area contributed by atoms with E-state index in [1.165, 1.54) is 12.3 Å². The summed E-state index contributed by atoms with van der Waals surface area (Å²) in [7, 11) is 0. The van der Waals surface area contributed by atoms with Gasteiger partial charge in [-0.2, -0.15) is 18.3 Å². The summed E-state index contributed by atoms with van der Waals surface area (Å²) in [5, 5.41) is 26.8. The summed E-state index contributed by atoms with van der Waals surface area (Å²) in [4.78, 5) is 26.0. The first-order valence-corrected chi connectivity index (χ1v) is 8.01. The second-order valence-electron chi connectivity index (χ2n) is 5.81. The third kappa shape index (κ3) is 3.61. The minimum absolute atomic E-state index is 0.00468. The van der Waals surface area contributed by atoms with Gasteiger partial charge in [-0.3, -0.25) is 14.3 Å². The van der Waals surface area contributed by atoms with Crippen molar-refractivity contribution in [3.05, 3.63) is 35.8 Å². The lowest BCUT2D eigenvalue weighted by atomic mass is 10.2. The average molecular weight is 397 g/mol. The fraction of sp³-hybridized carbons (Fsp3) is 0.250.